The van der Waals surface area contributed by atoms with Gasteiger partial charge in [-0.2, -0.15) is 0 Å². The van der Waals surface area contributed by atoms with Gasteiger partial charge < -0.3 is 19.9 Å². The number of anilines is 1. The highest BCUT2D eigenvalue weighted by molar-refractivity contribution is 5.94. The first-order chi connectivity index (χ1) is 13.0. The minimum Gasteiger partial charge on any atom is -0.495 e. The maximum atomic E-state index is 12.9. The van der Waals surface area contributed by atoms with Gasteiger partial charge in [0.2, 0.25) is 0 Å². The van der Waals surface area contributed by atoms with E-state index in [0.717, 1.165) is 48.6 Å². The standard InChI is InChI=1S/C21H26N2O4/c1-11(24)13-10-23-8-7-21-14-5-4-6-15(26-2)18(14)22-19(21)17(20(25)27-3)12(13)9-16(21)23/h4-6,11-13,16,22,24H,7-10H2,1-3H3/t11-,12+,13-,16+,21?/m1/s1. The number of para-hydroxylation sites is 1. The molecule has 2 saturated heterocycles. The fourth-order valence-electron chi connectivity index (χ4n) is 6.19. The first-order valence-corrected chi connectivity index (χ1v) is 9.72. The number of aliphatic hydroxyl groups excluding tert-OH is 1. The van der Waals surface area contributed by atoms with Gasteiger partial charge in [0.05, 0.1) is 37.0 Å². The maximum absolute atomic E-state index is 12.9. The van der Waals surface area contributed by atoms with Crippen molar-refractivity contribution >= 4 is 11.7 Å². The average Bonchev–Trinajstić information content (AvgIpc) is 3.23. The molecule has 144 valence electrons. The second kappa shape index (κ2) is 5.72. The summed E-state index contributed by atoms with van der Waals surface area (Å²) in [5.74, 6) is 0.560. The summed E-state index contributed by atoms with van der Waals surface area (Å²) in [7, 11) is 3.12. The van der Waals surface area contributed by atoms with Crippen LogP contribution >= 0.6 is 0 Å². The van der Waals surface area contributed by atoms with Gasteiger partial charge >= 0.3 is 5.97 Å². The molecule has 0 amide bonds. The number of hydrogen-bond donors (Lipinski definition) is 2. The summed E-state index contributed by atoms with van der Waals surface area (Å²) in [4.78, 5) is 15.4. The topological polar surface area (TPSA) is 71.0 Å². The van der Waals surface area contributed by atoms with Crippen molar-refractivity contribution in [1.82, 2.24) is 4.90 Å². The molecule has 5 rings (SSSR count). The summed E-state index contributed by atoms with van der Waals surface area (Å²) in [5, 5.41) is 14.0. The van der Waals surface area contributed by atoms with Crippen LogP contribution in [0.1, 0.15) is 25.3 Å². The normalized spacial score (nSPS) is 34.6. The van der Waals surface area contributed by atoms with Crippen molar-refractivity contribution in [3.63, 3.8) is 0 Å². The van der Waals surface area contributed by atoms with Gasteiger partial charge in [0, 0.05) is 30.1 Å². The number of carbonyl (C=O) groups excluding carboxylic acids is 1. The number of carbonyl (C=O) groups is 1. The number of ether oxygens (including phenoxy) is 2. The van der Waals surface area contributed by atoms with Gasteiger partial charge in [-0.1, -0.05) is 12.1 Å². The molecular weight excluding hydrogens is 344 g/mol. The average molecular weight is 370 g/mol. The van der Waals surface area contributed by atoms with Gasteiger partial charge in [0.25, 0.3) is 0 Å². The summed E-state index contributed by atoms with van der Waals surface area (Å²) in [6.45, 7) is 3.63. The fraction of sp³-hybridized carbons (Fsp3) is 0.571. The van der Waals surface area contributed by atoms with Crippen molar-refractivity contribution in [3.8, 4) is 5.75 Å². The number of piperidine rings is 1. The Labute approximate surface area is 159 Å². The summed E-state index contributed by atoms with van der Waals surface area (Å²) in [6.07, 6.45) is 1.37. The lowest BCUT2D eigenvalue weighted by molar-refractivity contribution is -0.138. The highest BCUT2D eigenvalue weighted by Crippen LogP contribution is 2.62. The van der Waals surface area contributed by atoms with Crippen LogP contribution in [0.15, 0.2) is 29.5 Å². The number of esters is 1. The predicted molar refractivity (Wildman–Crippen MR) is 101 cm³/mol. The van der Waals surface area contributed by atoms with Crippen LogP contribution < -0.4 is 10.1 Å². The molecule has 1 aliphatic carbocycles. The molecular formula is C21H26N2O4. The summed E-state index contributed by atoms with van der Waals surface area (Å²) in [5.41, 5.74) is 3.68. The van der Waals surface area contributed by atoms with E-state index in [1.54, 1.807) is 7.11 Å². The van der Waals surface area contributed by atoms with E-state index in [1.165, 1.54) is 12.7 Å². The van der Waals surface area contributed by atoms with Gasteiger partial charge in [0.1, 0.15) is 5.75 Å². The van der Waals surface area contributed by atoms with Crippen molar-refractivity contribution < 1.29 is 19.4 Å². The Morgan fingerprint density at radius 1 is 1.41 bits per heavy atom. The zero-order valence-corrected chi connectivity index (χ0v) is 16.0. The quantitative estimate of drug-likeness (QED) is 0.792. The van der Waals surface area contributed by atoms with Gasteiger partial charge in [-0.25, -0.2) is 4.79 Å². The van der Waals surface area contributed by atoms with Crippen LogP contribution in [-0.4, -0.2) is 55.4 Å². The molecule has 5 atom stereocenters. The molecule has 6 nitrogen and oxygen atoms in total. The molecule has 0 aromatic heterocycles. The van der Waals surface area contributed by atoms with Gasteiger partial charge in [-0.3, -0.25) is 4.90 Å². The summed E-state index contributed by atoms with van der Waals surface area (Å²) >= 11 is 0. The second-order valence-electron chi connectivity index (χ2n) is 8.27. The number of nitrogens with zero attached hydrogens (tertiary/aromatic N) is 1. The smallest absolute Gasteiger partial charge is 0.335 e. The molecule has 1 spiro atoms. The molecule has 2 fully saturated rings. The largest absolute Gasteiger partial charge is 0.495 e. The zero-order valence-electron chi connectivity index (χ0n) is 16.0. The Hall–Kier alpha value is -2.05. The summed E-state index contributed by atoms with van der Waals surface area (Å²) < 4.78 is 10.8. The van der Waals surface area contributed by atoms with Crippen LogP contribution in [0.3, 0.4) is 0 Å². The molecule has 1 unspecified atom stereocenters. The molecule has 6 heteroatoms. The minimum atomic E-state index is -0.470. The number of benzene rings is 1. The SMILES string of the molecule is COC(=O)C1=C2Nc3c(OC)cccc3C23CCN2C[C@H]([C@@H](C)O)[C@@H]1C[C@H]23. The molecule has 0 radical (unpaired) electrons. The number of aliphatic hydroxyl groups is 1. The lowest BCUT2D eigenvalue weighted by Crippen LogP contribution is -2.57. The van der Waals surface area contributed by atoms with E-state index < -0.39 is 6.10 Å². The minimum absolute atomic E-state index is 0.00716. The van der Waals surface area contributed by atoms with Crippen molar-refractivity contribution in [1.29, 1.82) is 0 Å². The second-order valence-corrected chi connectivity index (χ2v) is 8.27. The van der Waals surface area contributed by atoms with Crippen LogP contribution in [0.2, 0.25) is 0 Å². The van der Waals surface area contributed by atoms with Gasteiger partial charge in [0.15, 0.2) is 0 Å². The molecule has 1 aromatic carbocycles. The van der Waals surface area contributed by atoms with Crippen molar-refractivity contribution in [2.75, 3.05) is 32.6 Å². The fourth-order valence-corrected chi connectivity index (χ4v) is 6.19. The molecule has 3 aliphatic heterocycles. The number of methoxy groups -OCH3 is 2. The lowest BCUT2D eigenvalue weighted by Gasteiger charge is -2.51. The van der Waals surface area contributed by atoms with Crippen LogP contribution in [0.4, 0.5) is 5.69 Å². The highest BCUT2D eigenvalue weighted by atomic mass is 16.5. The first-order valence-electron chi connectivity index (χ1n) is 9.72. The third-order valence-corrected chi connectivity index (χ3v) is 7.33. The third-order valence-electron chi connectivity index (χ3n) is 7.33. The summed E-state index contributed by atoms with van der Waals surface area (Å²) in [6, 6.07) is 6.49. The van der Waals surface area contributed by atoms with E-state index in [0.29, 0.717) is 6.04 Å². The van der Waals surface area contributed by atoms with E-state index in [4.69, 9.17) is 9.47 Å². The van der Waals surface area contributed by atoms with Crippen LogP contribution in [0.5, 0.6) is 5.75 Å². The Morgan fingerprint density at radius 2 is 2.22 bits per heavy atom. The highest BCUT2D eigenvalue weighted by Gasteiger charge is 2.63. The van der Waals surface area contributed by atoms with Crippen molar-refractivity contribution in [2.45, 2.75) is 37.3 Å². The van der Waals surface area contributed by atoms with Gasteiger partial charge in [-0.05, 0) is 37.9 Å². The molecule has 27 heavy (non-hydrogen) atoms. The number of rotatable bonds is 3. The van der Waals surface area contributed by atoms with E-state index in [1.807, 2.05) is 19.1 Å². The maximum Gasteiger partial charge on any atom is 0.335 e. The molecule has 3 heterocycles. The van der Waals surface area contributed by atoms with Crippen LogP contribution in [0.25, 0.3) is 0 Å². The molecule has 4 aliphatic rings. The van der Waals surface area contributed by atoms with E-state index in [2.05, 4.69) is 16.3 Å². The molecule has 2 N–H and O–H groups in total. The van der Waals surface area contributed by atoms with Crippen molar-refractivity contribution in [2.24, 2.45) is 11.8 Å². The Bertz CT molecular complexity index is 849. The number of hydrogen-bond acceptors (Lipinski definition) is 6. The van der Waals surface area contributed by atoms with Crippen molar-refractivity contribution in [3.05, 3.63) is 35.0 Å². The number of nitrogens with one attached hydrogen (secondary N) is 1. The van der Waals surface area contributed by atoms with E-state index in [-0.39, 0.29) is 23.2 Å². The first kappa shape index (κ1) is 17.1. The Kier molecular flexibility index (Phi) is 3.62. The van der Waals surface area contributed by atoms with Crippen LogP contribution in [0, 0.1) is 11.8 Å². The Morgan fingerprint density at radius 3 is 2.93 bits per heavy atom. The van der Waals surface area contributed by atoms with Crippen LogP contribution in [-0.2, 0) is 14.9 Å². The molecule has 2 bridgehead atoms. The van der Waals surface area contributed by atoms with E-state index >= 15 is 0 Å². The van der Waals surface area contributed by atoms with Gasteiger partial charge in [-0.15, -0.1) is 0 Å². The lowest BCUT2D eigenvalue weighted by atomic mass is 9.60. The molecule has 0 saturated carbocycles. The predicted octanol–water partition coefficient (Wildman–Crippen LogP) is 1.89. The molecule has 1 aromatic rings. The monoisotopic (exact) mass is 370 g/mol. The Balaban J connectivity index is 1.78. The third kappa shape index (κ3) is 2.00. The van der Waals surface area contributed by atoms with E-state index in [9.17, 15) is 9.90 Å². The zero-order chi connectivity index (χ0) is 18.9. The number of fused-ring (bicyclic) bond motifs is 2.